The predicted octanol–water partition coefficient (Wildman–Crippen LogP) is 3.27. The van der Waals surface area contributed by atoms with Crippen molar-refractivity contribution in [3.05, 3.63) is 59.4 Å². The molecule has 1 aliphatic carbocycles. The van der Waals surface area contributed by atoms with Gasteiger partial charge in [0.25, 0.3) is 0 Å². The number of aliphatic hydroxyl groups excluding tert-OH is 1. The Hall–Kier alpha value is -2.97. The van der Waals surface area contributed by atoms with Crippen molar-refractivity contribution in [1.82, 2.24) is 5.32 Å². The van der Waals surface area contributed by atoms with E-state index in [4.69, 9.17) is 9.47 Å². The summed E-state index contributed by atoms with van der Waals surface area (Å²) < 4.78 is 25.4. The summed E-state index contributed by atoms with van der Waals surface area (Å²) in [5.74, 6) is 0.643. The number of hydrogen-bond donors (Lipinski definition) is 3. The van der Waals surface area contributed by atoms with Gasteiger partial charge in [0, 0.05) is 30.1 Å². The molecule has 2 aliphatic heterocycles. The molecule has 2 fully saturated rings. The first-order chi connectivity index (χ1) is 16.5. The number of carbonyl (C=O) groups excluding carboxylic acids is 2. The topological polar surface area (TPSA) is 96.9 Å². The zero-order valence-corrected chi connectivity index (χ0v) is 18.8. The second kappa shape index (κ2) is 9.72. The minimum absolute atomic E-state index is 0.0194. The Balaban J connectivity index is 1.23. The molecule has 0 radical (unpaired) electrons. The van der Waals surface area contributed by atoms with E-state index in [2.05, 4.69) is 10.6 Å². The van der Waals surface area contributed by atoms with Gasteiger partial charge in [0.15, 0.2) is 0 Å². The summed E-state index contributed by atoms with van der Waals surface area (Å²) in [4.78, 5) is 24.8. The summed E-state index contributed by atoms with van der Waals surface area (Å²) in [5.41, 5.74) is 2.37. The molecule has 8 heteroatoms. The molecule has 1 saturated heterocycles. The number of amides is 2. The molecule has 2 aromatic rings. The monoisotopic (exact) mass is 468 g/mol. The summed E-state index contributed by atoms with van der Waals surface area (Å²) in [5, 5.41) is 15.7. The van der Waals surface area contributed by atoms with Gasteiger partial charge in [0.05, 0.1) is 19.1 Å². The highest BCUT2D eigenvalue weighted by atomic mass is 19.1. The fraction of sp³-hybridized carbons (Fsp3) is 0.462. The van der Waals surface area contributed by atoms with Crippen LogP contribution in [0.15, 0.2) is 42.5 Å². The Labute approximate surface area is 197 Å². The van der Waals surface area contributed by atoms with Gasteiger partial charge < -0.3 is 25.2 Å². The van der Waals surface area contributed by atoms with Crippen LogP contribution in [0.4, 0.5) is 10.1 Å². The van der Waals surface area contributed by atoms with Crippen molar-refractivity contribution < 1.29 is 28.6 Å². The largest absolute Gasteiger partial charge is 0.487 e. The van der Waals surface area contributed by atoms with Gasteiger partial charge >= 0.3 is 0 Å². The number of carbonyl (C=O) groups is 2. The zero-order chi connectivity index (χ0) is 23.7. The lowest BCUT2D eigenvalue weighted by molar-refractivity contribution is -0.142. The van der Waals surface area contributed by atoms with Gasteiger partial charge in [-0.2, -0.15) is 0 Å². The highest BCUT2D eigenvalue weighted by Gasteiger charge is 2.46. The second-order valence-electron chi connectivity index (χ2n) is 9.46. The Morgan fingerprint density at radius 3 is 2.71 bits per heavy atom. The molecule has 0 aromatic heterocycles. The summed E-state index contributed by atoms with van der Waals surface area (Å²) >= 11 is 0. The summed E-state index contributed by atoms with van der Waals surface area (Å²) in [6.07, 6.45) is 2.18. The molecule has 3 aliphatic rings. The van der Waals surface area contributed by atoms with Gasteiger partial charge in [-0.25, -0.2) is 4.39 Å². The molecule has 0 bridgehead atoms. The number of ether oxygens (including phenoxy) is 2. The number of aliphatic hydroxyl groups is 1. The van der Waals surface area contributed by atoms with Crippen molar-refractivity contribution in [2.75, 3.05) is 11.9 Å². The smallest absolute Gasteiger partial charge is 0.224 e. The SMILES string of the molecule is O=C(C[C@@H]1C[C@@H]2c3cc(NC(=O)CC4CC4)ccc3O[C@@H]2[C@H](CO)O1)NCc1cccc(F)c1. The molecule has 180 valence electrons. The van der Waals surface area contributed by atoms with Crippen molar-refractivity contribution >= 4 is 17.5 Å². The molecule has 2 heterocycles. The maximum absolute atomic E-state index is 13.4. The number of hydrogen-bond acceptors (Lipinski definition) is 5. The van der Waals surface area contributed by atoms with Gasteiger partial charge in [-0.1, -0.05) is 12.1 Å². The van der Waals surface area contributed by atoms with Crippen LogP contribution in [0.2, 0.25) is 0 Å². The maximum Gasteiger partial charge on any atom is 0.224 e. The number of benzene rings is 2. The van der Waals surface area contributed by atoms with E-state index < -0.39 is 12.2 Å². The van der Waals surface area contributed by atoms with E-state index in [9.17, 15) is 19.1 Å². The third kappa shape index (κ3) is 5.23. The Morgan fingerprint density at radius 1 is 1.09 bits per heavy atom. The van der Waals surface area contributed by atoms with E-state index in [0.717, 1.165) is 24.1 Å². The minimum Gasteiger partial charge on any atom is -0.487 e. The van der Waals surface area contributed by atoms with Gasteiger partial charge in [-0.15, -0.1) is 0 Å². The first-order valence-electron chi connectivity index (χ1n) is 11.9. The van der Waals surface area contributed by atoms with Crippen LogP contribution in [0.1, 0.15) is 49.1 Å². The Kier molecular flexibility index (Phi) is 6.52. The van der Waals surface area contributed by atoms with E-state index >= 15 is 0 Å². The molecule has 0 unspecified atom stereocenters. The summed E-state index contributed by atoms with van der Waals surface area (Å²) in [7, 11) is 0. The molecule has 5 rings (SSSR count). The third-order valence-electron chi connectivity index (χ3n) is 6.75. The van der Waals surface area contributed by atoms with Crippen LogP contribution in [0, 0.1) is 11.7 Å². The number of halogens is 1. The fourth-order valence-electron chi connectivity index (χ4n) is 4.89. The summed E-state index contributed by atoms with van der Waals surface area (Å²) in [6, 6.07) is 11.7. The lowest BCUT2D eigenvalue weighted by Gasteiger charge is -2.37. The van der Waals surface area contributed by atoms with Gasteiger partial charge in [0.2, 0.25) is 11.8 Å². The van der Waals surface area contributed by atoms with Gasteiger partial charge in [0.1, 0.15) is 23.8 Å². The number of anilines is 1. The molecule has 7 nitrogen and oxygen atoms in total. The van der Waals surface area contributed by atoms with Crippen molar-refractivity contribution in [3.63, 3.8) is 0 Å². The first-order valence-corrected chi connectivity index (χ1v) is 11.9. The van der Waals surface area contributed by atoms with Crippen LogP contribution < -0.4 is 15.4 Å². The molecule has 3 N–H and O–H groups in total. The van der Waals surface area contributed by atoms with Gasteiger partial charge in [-0.05, 0) is 61.1 Å². The zero-order valence-electron chi connectivity index (χ0n) is 18.8. The van der Waals surface area contributed by atoms with E-state index in [0.29, 0.717) is 30.1 Å². The molecule has 0 spiro atoms. The van der Waals surface area contributed by atoms with E-state index in [1.54, 1.807) is 12.1 Å². The molecular weight excluding hydrogens is 439 g/mol. The fourth-order valence-corrected chi connectivity index (χ4v) is 4.89. The summed E-state index contributed by atoms with van der Waals surface area (Å²) in [6.45, 7) is 0.0101. The van der Waals surface area contributed by atoms with Crippen LogP contribution in [0.5, 0.6) is 5.75 Å². The van der Waals surface area contributed by atoms with Crippen LogP contribution >= 0.6 is 0 Å². The number of nitrogens with one attached hydrogen (secondary N) is 2. The van der Waals surface area contributed by atoms with E-state index in [1.807, 2.05) is 18.2 Å². The van der Waals surface area contributed by atoms with E-state index in [-0.39, 0.29) is 49.2 Å². The minimum atomic E-state index is -0.555. The molecular formula is C26H29FN2O5. The third-order valence-corrected chi connectivity index (χ3v) is 6.75. The maximum atomic E-state index is 13.4. The average molecular weight is 469 g/mol. The molecule has 1 saturated carbocycles. The lowest BCUT2D eigenvalue weighted by atomic mass is 9.84. The highest BCUT2D eigenvalue weighted by Crippen LogP contribution is 2.47. The molecule has 4 atom stereocenters. The average Bonchev–Trinajstić information content (AvgIpc) is 3.55. The second-order valence-corrected chi connectivity index (χ2v) is 9.46. The molecule has 2 aromatic carbocycles. The standard InChI is InChI=1S/C26H29FN2O5/c27-17-3-1-2-16(8-17)13-28-24(31)12-19-11-21-20-10-18(29-25(32)9-15-4-5-15)6-7-22(20)34-26(21)23(14-30)33-19/h1-3,6-8,10,15,19,21,23,26,30H,4-5,9,11-14H2,(H,28,31)(H,29,32)/t19-,21+,23-,26-/m0/s1. The van der Waals surface area contributed by atoms with Crippen LogP contribution in [-0.2, 0) is 20.9 Å². The highest BCUT2D eigenvalue weighted by molar-refractivity contribution is 5.91. The van der Waals surface area contributed by atoms with Crippen LogP contribution in [-0.4, -0.2) is 41.8 Å². The number of rotatable bonds is 8. The molecule has 2 amide bonds. The van der Waals surface area contributed by atoms with Crippen molar-refractivity contribution in [2.45, 2.75) is 62.9 Å². The lowest BCUT2D eigenvalue weighted by Crippen LogP contribution is -2.47. The quantitative estimate of drug-likeness (QED) is 0.553. The Morgan fingerprint density at radius 2 is 1.94 bits per heavy atom. The number of fused-ring (bicyclic) bond motifs is 3. The van der Waals surface area contributed by atoms with Crippen LogP contribution in [0.3, 0.4) is 0 Å². The van der Waals surface area contributed by atoms with Crippen molar-refractivity contribution in [1.29, 1.82) is 0 Å². The van der Waals surface area contributed by atoms with E-state index in [1.165, 1.54) is 12.1 Å². The van der Waals surface area contributed by atoms with Gasteiger partial charge in [-0.3, -0.25) is 9.59 Å². The predicted molar refractivity (Wildman–Crippen MR) is 123 cm³/mol. The normalized spacial score (nSPS) is 25.1. The van der Waals surface area contributed by atoms with Crippen molar-refractivity contribution in [2.24, 2.45) is 5.92 Å². The van der Waals surface area contributed by atoms with Crippen molar-refractivity contribution in [3.8, 4) is 5.75 Å². The molecule has 34 heavy (non-hydrogen) atoms. The first kappa shape index (κ1) is 22.8. The Bertz CT molecular complexity index is 1070. The van der Waals surface area contributed by atoms with Crippen LogP contribution in [0.25, 0.3) is 0 Å².